The molecular weight excluding hydrogens is 312 g/mol. The highest BCUT2D eigenvalue weighted by atomic mass is 32.2. The Bertz CT molecular complexity index is 579. The molecule has 0 spiro atoms. The lowest BCUT2D eigenvalue weighted by atomic mass is 10.2. The Labute approximate surface area is 130 Å². The van der Waals surface area contributed by atoms with E-state index in [-0.39, 0.29) is 12.3 Å². The van der Waals surface area contributed by atoms with E-state index in [1.54, 1.807) is 23.1 Å². The summed E-state index contributed by atoms with van der Waals surface area (Å²) in [5, 5.41) is 14.3. The Balaban J connectivity index is 1.90. The molecule has 0 saturated heterocycles. The van der Waals surface area contributed by atoms with E-state index < -0.39 is 0 Å². The van der Waals surface area contributed by atoms with Crippen LogP contribution < -0.4 is 5.32 Å². The number of nitrogens with zero attached hydrogens (tertiary/aromatic N) is 3. The number of hydrogen-bond acceptors (Lipinski definition) is 7. The van der Waals surface area contributed by atoms with Gasteiger partial charge in [0.05, 0.1) is 17.1 Å². The molecule has 2 aromatic heterocycles. The van der Waals surface area contributed by atoms with Gasteiger partial charge in [-0.1, -0.05) is 43.9 Å². The topological polar surface area (TPSA) is 67.8 Å². The van der Waals surface area contributed by atoms with Crippen LogP contribution in [0.1, 0.15) is 37.4 Å². The van der Waals surface area contributed by atoms with Gasteiger partial charge in [0.25, 0.3) is 0 Å². The van der Waals surface area contributed by atoms with Crippen molar-refractivity contribution in [3.8, 4) is 0 Å². The van der Waals surface area contributed by atoms with Gasteiger partial charge in [0.2, 0.25) is 11.0 Å². The van der Waals surface area contributed by atoms with Crippen LogP contribution in [0, 0.1) is 0 Å². The van der Waals surface area contributed by atoms with Crippen LogP contribution in [-0.4, -0.2) is 26.8 Å². The normalized spacial score (nSPS) is 11.0. The first-order chi connectivity index (χ1) is 9.58. The van der Waals surface area contributed by atoms with Gasteiger partial charge >= 0.3 is 0 Å². The van der Waals surface area contributed by atoms with Crippen molar-refractivity contribution < 1.29 is 4.79 Å². The van der Waals surface area contributed by atoms with Crippen molar-refractivity contribution in [2.75, 3.05) is 11.1 Å². The first-order valence-electron chi connectivity index (χ1n) is 6.29. The lowest BCUT2D eigenvalue weighted by molar-refractivity contribution is -0.115. The molecule has 2 rings (SSSR count). The fraction of sp³-hybridized carbons (Fsp3) is 0.500. The Morgan fingerprint density at radius 1 is 1.45 bits per heavy atom. The zero-order valence-corrected chi connectivity index (χ0v) is 14.0. The molecular formula is C12H16N4OS3. The van der Waals surface area contributed by atoms with Crippen LogP contribution in [0.15, 0.2) is 9.72 Å². The Morgan fingerprint density at radius 3 is 2.90 bits per heavy atom. The van der Waals surface area contributed by atoms with Gasteiger partial charge in [-0.2, -0.15) is 0 Å². The van der Waals surface area contributed by atoms with Gasteiger partial charge in [-0.3, -0.25) is 4.79 Å². The SMILES string of the molecule is CCSc1nnc(NC(=O)Cc2csc(C(C)C)n2)s1. The molecule has 0 unspecified atom stereocenters. The van der Waals surface area contributed by atoms with E-state index in [9.17, 15) is 4.79 Å². The van der Waals surface area contributed by atoms with E-state index in [2.05, 4.69) is 41.3 Å². The number of anilines is 1. The smallest absolute Gasteiger partial charge is 0.232 e. The number of aromatic nitrogens is 3. The molecule has 0 saturated carbocycles. The van der Waals surface area contributed by atoms with Gasteiger partial charge in [0.15, 0.2) is 4.34 Å². The summed E-state index contributed by atoms with van der Waals surface area (Å²) < 4.78 is 0.874. The van der Waals surface area contributed by atoms with Gasteiger partial charge < -0.3 is 5.32 Å². The van der Waals surface area contributed by atoms with Crippen molar-refractivity contribution >= 4 is 45.5 Å². The number of thioether (sulfide) groups is 1. The average molecular weight is 328 g/mol. The van der Waals surface area contributed by atoms with E-state index in [1.807, 2.05) is 5.38 Å². The molecule has 0 aliphatic heterocycles. The predicted octanol–water partition coefficient (Wildman–Crippen LogP) is 3.41. The lowest BCUT2D eigenvalue weighted by Crippen LogP contribution is -2.14. The molecule has 2 aromatic rings. The van der Waals surface area contributed by atoms with E-state index in [0.29, 0.717) is 11.0 Å². The van der Waals surface area contributed by atoms with E-state index >= 15 is 0 Å². The summed E-state index contributed by atoms with van der Waals surface area (Å²) in [6.07, 6.45) is 0.277. The van der Waals surface area contributed by atoms with Crippen molar-refractivity contribution in [3.05, 3.63) is 16.1 Å². The van der Waals surface area contributed by atoms with Crippen LogP contribution in [0.5, 0.6) is 0 Å². The van der Waals surface area contributed by atoms with Gasteiger partial charge in [0, 0.05) is 11.3 Å². The van der Waals surface area contributed by atoms with Gasteiger partial charge in [0.1, 0.15) is 0 Å². The minimum atomic E-state index is -0.102. The molecule has 2 heterocycles. The van der Waals surface area contributed by atoms with Crippen LogP contribution in [0.4, 0.5) is 5.13 Å². The largest absolute Gasteiger partial charge is 0.300 e. The Kier molecular flexibility index (Phi) is 5.50. The molecule has 0 fully saturated rings. The summed E-state index contributed by atoms with van der Waals surface area (Å²) in [5.41, 5.74) is 0.809. The van der Waals surface area contributed by atoms with Crippen LogP contribution in [0.3, 0.4) is 0 Å². The molecule has 20 heavy (non-hydrogen) atoms. The van der Waals surface area contributed by atoms with Crippen molar-refractivity contribution in [1.29, 1.82) is 0 Å². The summed E-state index contributed by atoms with van der Waals surface area (Å²) in [6.45, 7) is 6.24. The van der Waals surface area contributed by atoms with E-state index in [0.717, 1.165) is 20.8 Å². The summed E-state index contributed by atoms with van der Waals surface area (Å²) in [6, 6.07) is 0. The highest BCUT2D eigenvalue weighted by Crippen LogP contribution is 2.25. The molecule has 0 bridgehead atoms. The van der Waals surface area contributed by atoms with Crippen LogP contribution in [-0.2, 0) is 11.2 Å². The molecule has 0 radical (unpaired) electrons. The number of carbonyl (C=O) groups excluding carboxylic acids is 1. The fourth-order valence-electron chi connectivity index (χ4n) is 1.44. The number of rotatable bonds is 6. The maximum Gasteiger partial charge on any atom is 0.232 e. The summed E-state index contributed by atoms with van der Waals surface area (Å²) in [4.78, 5) is 16.4. The first kappa shape index (κ1) is 15.4. The maximum absolute atomic E-state index is 11.9. The molecule has 0 aromatic carbocycles. The third-order valence-corrected chi connectivity index (χ3v) is 5.37. The highest BCUT2D eigenvalue weighted by Gasteiger charge is 2.12. The number of nitrogens with one attached hydrogen (secondary N) is 1. The van der Waals surface area contributed by atoms with Gasteiger partial charge in [-0.15, -0.1) is 21.5 Å². The van der Waals surface area contributed by atoms with Crippen molar-refractivity contribution in [2.24, 2.45) is 0 Å². The minimum absolute atomic E-state index is 0.102. The second kappa shape index (κ2) is 7.14. The third kappa shape index (κ3) is 4.26. The molecule has 0 atom stereocenters. The fourth-order valence-corrected chi connectivity index (χ4v) is 3.94. The summed E-state index contributed by atoms with van der Waals surface area (Å²) in [5.74, 6) is 1.24. The van der Waals surface area contributed by atoms with Crippen LogP contribution in [0.25, 0.3) is 0 Å². The zero-order chi connectivity index (χ0) is 14.5. The maximum atomic E-state index is 11.9. The third-order valence-electron chi connectivity index (χ3n) is 2.33. The standard InChI is InChI=1S/C12H16N4OS3/c1-4-18-12-16-15-11(20-12)14-9(17)5-8-6-19-10(13-8)7(2)3/h6-7H,4-5H2,1-3H3,(H,14,15,17). The molecule has 1 N–H and O–H groups in total. The zero-order valence-electron chi connectivity index (χ0n) is 11.5. The van der Waals surface area contributed by atoms with Gasteiger partial charge in [-0.25, -0.2) is 4.98 Å². The quantitative estimate of drug-likeness (QED) is 0.650. The van der Waals surface area contributed by atoms with E-state index in [4.69, 9.17) is 0 Å². The first-order valence-corrected chi connectivity index (χ1v) is 8.97. The minimum Gasteiger partial charge on any atom is -0.300 e. The molecule has 0 aliphatic rings. The molecule has 8 heteroatoms. The van der Waals surface area contributed by atoms with Crippen LogP contribution >= 0.6 is 34.4 Å². The summed E-state index contributed by atoms with van der Waals surface area (Å²) in [7, 11) is 0. The number of carbonyl (C=O) groups is 1. The molecule has 1 amide bonds. The van der Waals surface area contributed by atoms with Gasteiger partial charge in [-0.05, 0) is 5.75 Å². The predicted molar refractivity (Wildman–Crippen MR) is 84.8 cm³/mol. The van der Waals surface area contributed by atoms with Crippen molar-refractivity contribution in [2.45, 2.75) is 37.4 Å². The number of hydrogen-bond donors (Lipinski definition) is 1. The second-order valence-electron chi connectivity index (χ2n) is 4.36. The molecule has 5 nitrogen and oxygen atoms in total. The highest BCUT2D eigenvalue weighted by molar-refractivity contribution is 8.01. The van der Waals surface area contributed by atoms with Crippen LogP contribution in [0.2, 0.25) is 0 Å². The van der Waals surface area contributed by atoms with E-state index in [1.165, 1.54) is 11.3 Å². The second-order valence-corrected chi connectivity index (χ2v) is 7.74. The molecule has 108 valence electrons. The van der Waals surface area contributed by atoms with Crippen molar-refractivity contribution in [1.82, 2.24) is 15.2 Å². The molecule has 0 aliphatic carbocycles. The summed E-state index contributed by atoms with van der Waals surface area (Å²) >= 11 is 4.61. The lowest BCUT2D eigenvalue weighted by Gasteiger charge is -1.99. The monoisotopic (exact) mass is 328 g/mol. The number of amides is 1. The Hall–Kier alpha value is -0.990. The average Bonchev–Trinajstić information content (AvgIpc) is 2.99. The number of thiazole rings is 1. The Morgan fingerprint density at radius 2 is 2.25 bits per heavy atom. The van der Waals surface area contributed by atoms with Crippen molar-refractivity contribution in [3.63, 3.8) is 0 Å².